The minimum atomic E-state index is -0.319. The molecule has 0 aliphatic rings. The van der Waals surface area contributed by atoms with E-state index in [1.54, 1.807) is 0 Å². The van der Waals surface area contributed by atoms with Crippen molar-refractivity contribution in [1.82, 2.24) is 0 Å². The van der Waals surface area contributed by atoms with Gasteiger partial charge in [0, 0.05) is 5.69 Å². The summed E-state index contributed by atoms with van der Waals surface area (Å²) in [4.78, 5) is 23.1. The molecule has 0 aromatic heterocycles. The van der Waals surface area contributed by atoms with E-state index in [0.29, 0.717) is 5.69 Å². The third-order valence-corrected chi connectivity index (χ3v) is 2.80. The van der Waals surface area contributed by atoms with Crippen molar-refractivity contribution in [3.05, 3.63) is 29.8 Å². The zero-order chi connectivity index (χ0) is 14.3. The molecule has 104 valence electrons. The smallest absolute Gasteiger partial charge is 0.309 e. The molecule has 0 radical (unpaired) electrons. The molecule has 0 fully saturated rings. The number of rotatable bonds is 6. The van der Waals surface area contributed by atoms with Crippen LogP contribution in [0.5, 0.6) is 0 Å². The minimum absolute atomic E-state index is 0.155. The number of amides is 1. The summed E-state index contributed by atoms with van der Waals surface area (Å²) in [6.07, 6.45) is 1.70. The Balaban J connectivity index is 2.35. The van der Waals surface area contributed by atoms with E-state index in [1.165, 1.54) is 0 Å². The van der Waals surface area contributed by atoms with Gasteiger partial charge in [-0.15, -0.1) is 0 Å². The number of hydrogen-bond donors (Lipinski definition) is 1. The molecule has 1 aromatic carbocycles. The minimum Gasteiger partial charge on any atom is -0.455 e. The molecule has 4 nitrogen and oxygen atoms in total. The second-order valence-corrected chi connectivity index (χ2v) is 4.71. The Hall–Kier alpha value is -1.84. The van der Waals surface area contributed by atoms with Crippen molar-refractivity contribution >= 4 is 17.6 Å². The number of hydrogen-bond acceptors (Lipinski definition) is 3. The largest absolute Gasteiger partial charge is 0.455 e. The van der Waals surface area contributed by atoms with Crippen LogP contribution < -0.4 is 5.32 Å². The molecule has 1 atom stereocenters. The fourth-order valence-corrected chi connectivity index (χ4v) is 1.66. The highest BCUT2D eigenvalue weighted by Gasteiger charge is 2.14. The highest BCUT2D eigenvalue weighted by atomic mass is 16.5. The summed E-state index contributed by atoms with van der Waals surface area (Å²) in [5.41, 5.74) is 1.83. The van der Waals surface area contributed by atoms with E-state index < -0.39 is 0 Å². The maximum absolute atomic E-state index is 11.6. The van der Waals surface area contributed by atoms with Crippen LogP contribution in [0.1, 0.15) is 32.3 Å². The molecular formula is C15H21NO3. The van der Waals surface area contributed by atoms with E-state index in [9.17, 15) is 9.59 Å². The molecule has 1 amide bonds. The Morgan fingerprint density at radius 3 is 2.47 bits per heavy atom. The van der Waals surface area contributed by atoms with Crippen LogP contribution in [0.3, 0.4) is 0 Å². The Bertz CT molecular complexity index is 426. The summed E-state index contributed by atoms with van der Waals surface area (Å²) in [6.45, 7) is 5.56. The third-order valence-electron chi connectivity index (χ3n) is 2.80. The molecule has 0 spiro atoms. The van der Waals surface area contributed by atoms with E-state index in [0.717, 1.165) is 18.4 Å². The first-order valence-electron chi connectivity index (χ1n) is 6.56. The number of benzene rings is 1. The average Bonchev–Trinajstić information content (AvgIpc) is 2.39. The van der Waals surface area contributed by atoms with Crippen molar-refractivity contribution < 1.29 is 14.3 Å². The fraction of sp³-hybridized carbons (Fsp3) is 0.467. The highest BCUT2D eigenvalue weighted by molar-refractivity contribution is 5.92. The number of carbonyl (C=O) groups is 2. The van der Waals surface area contributed by atoms with Crippen LogP contribution in [0.2, 0.25) is 0 Å². The monoisotopic (exact) mass is 263 g/mol. The SMILES string of the molecule is CCCC(C)C(=O)OCC(=O)Nc1ccc(C)cc1. The van der Waals surface area contributed by atoms with Gasteiger partial charge in [0.2, 0.25) is 0 Å². The predicted molar refractivity (Wildman–Crippen MR) is 74.8 cm³/mol. The molecule has 0 aliphatic carbocycles. The van der Waals surface area contributed by atoms with Crippen molar-refractivity contribution in [1.29, 1.82) is 0 Å². The lowest BCUT2D eigenvalue weighted by Gasteiger charge is -2.10. The Labute approximate surface area is 114 Å². The molecule has 1 rings (SSSR count). The lowest BCUT2D eigenvalue weighted by Crippen LogP contribution is -2.23. The van der Waals surface area contributed by atoms with Crippen molar-refractivity contribution in [3.8, 4) is 0 Å². The molecule has 1 aromatic rings. The van der Waals surface area contributed by atoms with Gasteiger partial charge in [-0.2, -0.15) is 0 Å². The van der Waals surface area contributed by atoms with E-state index in [2.05, 4.69) is 5.32 Å². The number of nitrogens with one attached hydrogen (secondary N) is 1. The summed E-state index contributed by atoms with van der Waals surface area (Å²) in [5, 5.41) is 2.68. The summed E-state index contributed by atoms with van der Waals surface area (Å²) < 4.78 is 4.96. The molecule has 0 bridgehead atoms. The van der Waals surface area contributed by atoms with Crippen LogP contribution in [0, 0.1) is 12.8 Å². The van der Waals surface area contributed by atoms with Crippen molar-refractivity contribution in [3.63, 3.8) is 0 Å². The van der Waals surface area contributed by atoms with Crippen molar-refractivity contribution in [2.45, 2.75) is 33.6 Å². The van der Waals surface area contributed by atoms with Gasteiger partial charge in [-0.05, 0) is 25.5 Å². The van der Waals surface area contributed by atoms with Crippen LogP contribution >= 0.6 is 0 Å². The van der Waals surface area contributed by atoms with Crippen LogP contribution in [0.25, 0.3) is 0 Å². The number of anilines is 1. The molecule has 0 heterocycles. The normalized spacial score (nSPS) is 11.7. The predicted octanol–water partition coefficient (Wildman–Crippen LogP) is 2.91. The third kappa shape index (κ3) is 5.55. The lowest BCUT2D eigenvalue weighted by molar-refractivity contribution is -0.151. The summed E-state index contributed by atoms with van der Waals surface area (Å²) in [6, 6.07) is 7.44. The van der Waals surface area contributed by atoms with Crippen LogP contribution in [-0.2, 0) is 14.3 Å². The number of carbonyl (C=O) groups excluding carboxylic acids is 2. The lowest BCUT2D eigenvalue weighted by atomic mass is 10.1. The van der Waals surface area contributed by atoms with E-state index in [1.807, 2.05) is 45.0 Å². The maximum Gasteiger partial charge on any atom is 0.309 e. The molecule has 19 heavy (non-hydrogen) atoms. The van der Waals surface area contributed by atoms with E-state index in [-0.39, 0.29) is 24.4 Å². The summed E-state index contributed by atoms with van der Waals surface area (Å²) in [5.74, 6) is -0.793. The molecule has 4 heteroatoms. The van der Waals surface area contributed by atoms with Gasteiger partial charge in [0.05, 0.1) is 5.92 Å². The molecule has 1 N–H and O–H groups in total. The second-order valence-electron chi connectivity index (χ2n) is 4.71. The van der Waals surface area contributed by atoms with E-state index >= 15 is 0 Å². The Morgan fingerprint density at radius 2 is 1.89 bits per heavy atom. The standard InChI is InChI=1S/C15H21NO3/c1-4-5-12(3)15(18)19-10-14(17)16-13-8-6-11(2)7-9-13/h6-9,12H,4-5,10H2,1-3H3,(H,16,17). The molecule has 1 unspecified atom stereocenters. The number of esters is 1. The van der Waals surface area contributed by atoms with Crippen LogP contribution in [-0.4, -0.2) is 18.5 Å². The molecule has 0 saturated heterocycles. The summed E-state index contributed by atoms with van der Waals surface area (Å²) in [7, 11) is 0. The maximum atomic E-state index is 11.6. The van der Waals surface area contributed by atoms with E-state index in [4.69, 9.17) is 4.74 Å². The van der Waals surface area contributed by atoms with Gasteiger partial charge in [-0.3, -0.25) is 9.59 Å². The van der Waals surface area contributed by atoms with Gasteiger partial charge in [0.15, 0.2) is 6.61 Å². The van der Waals surface area contributed by atoms with Crippen molar-refractivity contribution in [2.24, 2.45) is 5.92 Å². The summed E-state index contributed by atoms with van der Waals surface area (Å²) >= 11 is 0. The number of aryl methyl sites for hydroxylation is 1. The van der Waals surface area contributed by atoms with Gasteiger partial charge >= 0.3 is 5.97 Å². The second kappa shape index (κ2) is 7.56. The zero-order valence-corrected chi connectivity index (χ0v) is 11.7. The molecule has 0 saturated carbocycles. The average molecular weight is 263 g/mol. The quantitative estimate of drug-likeness (QED) is 0.803. The first kappa shape index (κ1) is 15.2. The first-order valence-corrected chi connectivity index (χ1v) is 6.56. The van der Waals surface area contributed by atoms with Gasteiger partial charge in [-0.1, -0.05) is 38.0 Å². The van der Waals surface area contributed by atoms with Crippen LogP contribution in [0.4, 0.5) is 5.69 Å². The van der Waals surface area contributed by atoms with Crippen molar-refractivity contribution in [2.75, 3.05) is 11.9 Å². The van der Waals surface area contributed by atoms with Gasteiger partial charge < -0.3 is 10.1 Å². The fourth-order valence-electron chi connectivity index (χ4n) is 1.66. The van der Waals surface area contributed by atoms with Gasteiger partial charge in [0.25, 0.3) is 5.91 Å². The highest BCUT2D eigenvalue weighted by Crippen LogP contribution is 2.09. The molecular weight excluding hydrogens is 242 g/mol. The van der Waals surface area contributed by atoms with Gasteiger partial charge in [-0.25, -0.2) is 0 Å². The number of ether oxygens (including phenoxy) is 1. The Kier molecular flexibility index (Phi) is 6.06. The Morgan fingerprint density at radius 1 is 1.26 bits per heavy atom. The zero-order valence-electron chi connectivity index (χ0n) is 11.7. The van der Waals surface area contributed by atoms with Gasteiger partial charge in [0.1, 0.15) is 0 Å². The van der Waals surface area contributed by atoms with Crippen LogP contribution in [0.15, 0.2) is 24.3 Å². The topological polar surface area (TPSA) is 55.4 Å². The molecule has 0 aliphatic heterocycles. The first-order chi connectivity index (χ1) is 9.02.